The lowest BCUT2D eigenvalue weighted by molar-refractivity contribution is -0.139. The van der Waals surface area contributed by atoms with Crippen molar-refractivity contribution in [3.05, 3.63) is 72.3 Å². The lowest BCUT2D eigenvalue weighted by atomic mass is 9.82. The highest BCUT2D eigenvalue weighted by Gasteiger charge is 2.39. The zero-order chi connectivity index (χ0) is 60.0. The summed E-state index contributed by atoms with van der Waals surface area (Å²) < 4.78 is 0. The summed E-state index contributed by atoms with van der Waals surface area (Å²) >= 11 is 0. The van der Waals surface area contributed by atoms with Crippen LogP contribution in [0.1, 0.15) is 151 Å². The fourth-order valence-electron chi connectivity index (χ4n) is 8.99. The fourth-order valence-corrected chi connectivity index (χ4v) is 8.99. The number of primary amides is 1. The van der Waals surface area contributed by atoms with Crippen LogP contribution in [0.3, 0.4) is 0 Å². The number of hydrogen-bond acceptors (Lipinski definition) is 13. The SMILES string of the molecule is C=C(C)C(=O)NCCC[C@H](CC(=O)[C@@H](NC(C)=O)C(C)C)C(=O)N[C@@H](CC(C)C)C(=O)CC(C)(C)C(=O)N[C@H](C(=O)C[C@@H](CCCNC(=O)c1ccc(-c2nnn(-c3ccccc3)n2)cc1)C(=O)N[C@@H](CC(C)C)C(N)=O)C(C)C. The Kier molecular flexibility index (Phi) is 26.7. The number of hydrogen-bond donors (Lipinski definition) is 7. The number of carbonyl (C=O) groups excluding carboxylic acids is 10. The fraction of sp³-hybridized carbons (Fsp3) is 0.576. The molecular weight excluding hydrogens is 1020 g/mol. The maximum atomic E-state index is 14.3. The molecule has 7 amide bonds. The largest absolute Gasteiger partial charge is 0.368 e. The Hall–Kier alpha value is -7.45. The van der Waals surface area contributed by atoms with Gasteiger partial charge in [-0.05, 0) is 98.6 Å². The molecule has 0 spiro atoms. The molecule has 3 aromatic rings. The van der Waals surface area contributed by atoms with Crippen molar-refractivity contribution < 1.29 is 47.9 Å². The number of nitrogens with one attached hydrogen (secondary N) is 6. The predicted octanol–water partition coefficient (Wildman–Crippen LogP) is 5.30. The number of Topliss-reactive ketones (excluding diaryl/α,β-unsaturated/α-hetero) is 3. The van der Waals surface area contributed by atoms with E-state index in [0.29, 0.717) is 28.9 Å². The van der Waals surface area contributed by atoms with E-state index in [2.05, 4.69) is 53.9 Å². The molecule has 3 rings (SSSR count). The van der Waals surface area contributed by atoms with Crippen molar-refractivity contribution in [2.75, 3.05) is 13.1 Å². The average Bonchev–Trinajstić information content (AvgIpc) is 3.88. The molecule has 0 aliphatic carbocycles. The molecule has 0 saturated heterocycles. The van der Waals surface area contributed by atoms with Crippen LogP contribution in [0.5, 0.6) is 0 Å². The highest BCUT2D eigenvalue weighted by Crippen LogP contribution is 2.26. The highest BCUT2D eigenvalue weighted by molar-refractivity contribution is 5.99. The molecule has 0 unspecified atom stereocenters. The summed E-state index contributed by atoms with van der Waals surface area (Å²) in [7, 11) is 0. The van der Waals surface area contributed by atoms with Crippen LogP contribution in [0.15, 0.2) is 66.7 Å². The summed E-state index contributed by atoms with van der Waals surface area (Å²) in [6, 6.07) is 11.9. The van der Waals surface area contributed by atoms with E-state index >= 15 is 0 Å². The van der Waals surface area contributed by atoms with Gasteiger partial charge in [-0.2, -0.15) is 0 Å². The number of ketones is 3. The first-order valence-corrected chi connectivity index (χ1v) is 27.7. The van der Waals surface area contributed by atoms with Crippen LogP contribution in [0, 0.1) is 40.9 Å². The number of carbonyl (C=O) groups is 10. The summed E-state index contributed by atoms with van der Waals surface area (Å²) in [4.78, 5) is 136. The monoisotopic (exact) mass is 1110 g/mol. The maximum absolute atomic E-state index is 14.3. The van der Waals surface area contributed by atoms with Crippen LogP contribution in [-0.4, -0.2) is 116 Å². The van der Waals surface area contributed by atoms with Gasteiger partial charge >= 0.3 is 0 Å². The maximum Gasteiger partial charge on any atom is 0.251 e. The lowest BCUT2D eigenvalue weighted by Gasteiger charge is -2.31. The van der Waals surface area contributed by atoms with Crippen molar-refractivity contribution in [2.45, 2.75) is 165 Å². The number of tetrazole rings is 1. The van der Waals surface area contributed by atoms with Gasteiger partial charge in [-0.25, -0.2) is 0 Å². The standard InChI is InChI=1S/C59H87N11O10/c1-34(2)29-45(64-56(78)42(19-17-27-61-54(76)38(9)10)31-47(72)50(36(5)6)63-39(11)71)49(74)33-59(12,13)58(80)66-51(37(7)8)48(73)32-43(57(79)65-46(52(60)75)30-35(3)4)20-18-28-62-55(77)41-25-23-40(24-26-41)53-67-69-70(68-53)44-21-15-14-16-22-44/h14-16,21-26,34-37,42-43,45-46,50-51H,9,17-20,27-33H2,1-8,10-13H3,(H2,60,75)(H,61,76)(H,62,77)(H,63,71)(H,64,78)(H,65,79)(H,66,80)/t42-,43-,45+,46+,50+,51+/m1/s1. The zero-order valence-electron chi connectivity index (χ0n) is 48.9. The number of nitrogens with zero attached hydrogens (tertiary/aromatic N) is 4. The summed E-state index contributed by atoms with van der Waals surface area (Å²) in [6.45, 7) is 24.5. The van der Waals surface area contributed by atoms with E-state index in [-0.39, 0.29) is 99.8 Å². The summed E-state index contributed by atoms with van der Waals surface area (Å²) in [5, 5.41) is 29.4. The van der Waals surface area contributed by atoms with Crippen molar-refractivity contribution in [3.8, 4) is 17.1 Å². The third-order valence-corrected chi connectivity index (χ3v) is 13.5. The molecule has 21 nitrogen and oxygen atoms in total. The topological polar surface area (TPSA) is 312 Å². The van der Waals surface area contributed by atoms with E-state index in [0.717, 1.165) is 5.69 Å². The smallest absolute Gasteiger partial charge is 0.251 e. The number of para-hydroxylation sites is 1. The third kappa shape index (κ3) is 22.0. The van der Waals surface area contributed by atoms with E-state index in [4.69, 9.17) is 5.73 Å². The van der Waals surface area contributed by atoms with Crippen LogP contribution < -0.4 is 37.6 Å². The average molecular weight is 1110 g/mol. The second kappa shape index (κ2) is 32.0. The lowest BCUT2D eigenvalue weighted by Crippen LogP contribution is -2.52. The van der Waals surface area contributed by atoms with Crippen LogP contribution in [0.25, 0.3) is 17.1 Å². The van der Waals surface area contributed by atoms with Gasteiger partial charge in [-0.1, -0.05) is 106 Å². The number of amides is 7. The molecule has 0 aliphatic rings. The van der Waals surface area contributed by atoms with Crippen molar-refractivity contribution in [2.24, 2.45) is 46.7 Å². The van der Waals surface area contributed by atoms with Gasteiger partial charge in [0.1, 0.15) is 6.04 Å². The molecule has 0 fully saturated rings. The Labute approximate surface area is 471 Å². The van der Waals surface area contributed by atoms with Gasteiger partial charge in [0, 0.05) is 67.8 Å². The summed E-state index contributed by atoms with van der Waals surface area (Å²) in [5.74, 6) is -7.34. The van der Waals surface area contributed by atoms with Crippen molar-refractivity contribution in [1.82, 2.24) is 52.1 Å². The molecule has 6 atom stereocenters. The highest BCUT2D eigenvalue weighted by atomic mass is 16.2. The molecule has 0 radical (unpaired) electrons. The Morgan fingerprint density at radius 1 is 0.637 bits per heavy atom. The molecule has 438 valence electrons. The van der Waals surface area contributed by atoms with E-state index in [1.165, 1.54) is 11.7 Å². The van der Waals surface area contributed by atoms with E-state index in [9.17, 15) is 47.9 Å². The number of benzene rings is 2. The van der Waals surface area contributed by atoms with Crippen molar-refractivity contribution in [1.29, 1.82) is 0 Å². The molecule has 2 aromatic carbocycles. The van der Waals surface area contributed by atoms with Gasteiger partial charge in [0.25, 0.3) is 5.91 Å². The number of nitrogens with two attached hydrogens (primary N) is 1. The minimum Gasteiger partial charge on any atom is -0.368 e. The first-order valence-electron chi connectivity index (χ1n) is 27.7. The molecule has 0 aliphatic heterocycles. The Balaban J connectivity index is 1.77. The Bertz CT molecular complexity index is 2630. The van der Waals surface area contributed by atoms with E-state index in [1.54, 1.807) is 72.7 Å². The van der Waals surface area contributed by atoms with Crippen LogP contribution in [0.2, 0.25) is 0 Å². The first kappa shape index (κ1) is 66.8. The summed E-state index contributed by atoms with van der Waals surface area (Å²) in [6.07, 6.45) is 0.395. The second-order valence-corrected chi connectivity index (χ2v) is 23.1. The van der Waals surface area contributed by atoms with Crippen LogP contribution in [0.4, 0.5) is 0 Å². The van der Waals surface area contributed by atoms with E-state index < -0.39 is 88.4 Å². The predicted molar refractivity (Wildman–Crippen MR) is 304 cm³/mol. The van der Waals surface area contributed by atoms with Crippen LogP contribution >= 0.6 is 0 Å². The first-order chi connectivity index (χ1) is 37.5. The quantitative estimate of drug-likeness (QED) is 0.0291. The molecule has 1 heterocycles. The molecule has 80 heavy (non-hydrogen) atoms. The Morgan fingerprint density at radius 2 is 1.14 bits per heavy atom. The molecule has 0 bridgehead atoms. The molecule has 1 aromatic heterocycles. The van der Waals surface area contributed by atoms with E-state index in [1.807, 2.05) is 58.0 Å². The van der Waals surface area contributed by atoms with Crippen molar-refractivity contribution >= 4 is 58.7 Å². The van der Waals surface area contributed by atoms with Gasteiger partial charge in [-0.15, -0.1) is 15.0 Å². The molecule has 8 N–H and O–H groups in total. The number of aromatic nitrogens is 4. The van der Waals surface area contributed by atoms with Gasteiger partial charge in [-0.3, -0.25) is 47.9 Å². The normalized spacial score (nSPS) is 13.8. The second-order valence-electron chi connectivity index (χ2n) is 23.1. The van der Waals surface area contributed by atoms with Gasteiger partial charge in [0.15, 0.2) is 17.3 Å². The molecular formula is C59H87N11O10. The van der Waals surface area contributed by atoms with Gasteiger partial charge in [0.2, 0.25) is 41.3 Å². The zero-order valence-corrected chi connectivity index (χ0v) is 48.9. The van der Waals surface area contributed by atoms with Crippen molar-refractivity contribution in [3.63, 3.8) is 0 Å². The van der Waals surface area contributed by atoms with Gasteiger partial charge in [0.05, 0.1) is 29.2 Å². The minimum absolute atomic E-state index is 0.00417. The third-order valence-electron chi connectivity index (χ3n) is 13.5. The molecule has 0 saturated carbocycles. The molecule has 21 heteroatoms. The van der Waals surface area contributed by atoms with Crippen LogP contribution in [-0.2, 0) is 43.2 Å². The van der Waals surface area contributed by atoms with Gasteiger partial charge < -0.3 is 37.6 Å². The number of rotatable bonds is 35. The minimum atomic E-state index is -1.41. The Morgan fingerprint density at radius 3 is 1.62 bits per heavy atom. The summed E-state index contributed by atoms with van der Waals surface area (Å²) in [5.41, 5.74) is 6.33.